The molecule has 0 fully saturated rings. The zero-order valence-corrected chi connectivity index (χ0v) is 10.4. The van der Waals surface area contributed by atoms with Gasteiger partial charge in [-0.1, -0.05) is 34.6 Å². The van der Waals surface area contributed by atoms with E-state index in [0.717, 1.165) is 13.1 Å². The molecule has 0 heterocycles. The van der Waals surface area contributed by atoms with Crippen LogP contribution in [0, 0.1) is 17.3 Å². The van der Waals surface area contributed by atoms with Crippen LogP contribution in [0.1, 0.15) is 41.0 Å². The lowest BCUT2D eigenvalue weighted by molar-refractivity contribution is 0.185. The van der Waals surface area contributed by atoms with Gasteiger partial charge in [0.2, 0.25) is 0 Å². The fraction of sp³-hybridized carbons (Fsp3) is 1.00. The Morgan fingerprint density at radius 2 is 1.79 bits per heavy atom. The molecule has 1 atom stereocenters. The van der Waals surface area contributed by atoms with E-state index in [9.17, 15) is 0 Å². The minimum atomic E-state index is 0.292. The van der Waals surface area contributed by atoms with Crippen molar-refractivity contribution < 1.29 is 5.11 Å². The standard InChI is InChI=1S/C12H27NO/c1-10(2)11(9-14)8-13-7-6-12(3,4)5/h10-11,13-14H,6-9H2,1-5H3. The Kier molecular flexibility index (Phi) is 6.38. The lowest BCUT2D eigenvalue weighted by atomic mass is 9.92. The number of nitrogens with one attached hydrogen (secondary N) is 1. The molecule has 0 spiro atoms. The summed E-state index contributed by atoms with van der Waals surface area (Å²) in [6.07, 6.45) is 1.18. The monoisotopic (exact) mass is 201 g/mol. The predicted octanol–water partition coefficient (Wildman–Crippen LogP) is 2.28. The average molecular weight is 201 g/mol. The summed E-state index contributed by atoms with van der Waals surface area (Å²) in [5, 5.41) is 12.5. The van der Waals surface area contributed by atoms with E-state index in [1.54, 1.807) is 0 Å². The van der Waals surface area contributed by atoms with E-state index in [-0.39, 0.29) is 0 Å². The highest BCUT2D eigenvalue weighted by atomic mass is 16.3. The topological polar surface area (TPSA) is 32.3 Å². The molecule has 0 aliphatic rings. The first-order valence-corrected chi connectivity index (χ1v) is 5.68. The third-order valence-corrected chi connectivity index (χ3v) is 2.64. The molecule has 0 amide bonds. The Bertz CT molecular complexity index is 138. The SMILES string of the molecule is CC(C)C(CO)CNCCC(C)(C)C. The van der Waals surface area contributed by atoms with E-state index in [1.807, 2.05) is 0 Å². The van der Waals surface area contributed by atoms with Gasteiger partial charge in [-0.25, -0.2) is 0 Å². The molecule has 0 saturated heterocycles. The number of hydrogen-bond acceptors (Lipinski definition) is 2. The number of rotatable bonds is 6. The van der Waals surface area contributed by atoms with Crippen LogP contribution in [0.3, 0.4) is 0 Å². The normalized spacial score (nSPS) is 14.8. The summed E-state index contributed by atoms with van der Waals surface area (Å²) >= 11 is 0. The van der Waals surface area contributed by atoms with Crippen LogP contribution in [-0.2, 0) is 0 Å². The van der Waals surface area contributed by atoms with Gasteiger partial charge in [-0.2, -0.15) is 0 Å². The first kappa shape index (κ1) is 13.9. The van der Waals surface area contributed by atoms with Gasteiger partial charge in [0.15, 0.2) is 0 Å². The first-order valence-electron chi connectivity index (χ1n) is 5.68. The molecule has 0 bridgehead atoms. The quantitative estimate of drug-likeness (QED) is 0.646. The van der Waals surface area contributed by atoms with Gasteiger partial charge in [0.1, 0.15) is 0 Å². The van der Waals surface area contributed by atoms with E-state index in [2.05, 4.69) is 39.9 Å². The van der Waals surface area contributed by atoms with Gasteiger partial charge in [-0.05, 0) is 30.2 Å². The van der Waals surface area contributed by atoms with Crippen LogP contribution < -0.4 is 5.32 Å². The summed E-state index contributed by atoms with van der Waals surface area (Å²) in [4.78, 5) is 0. The predicted molar refractivity (Wildman–Crippen MR) is 62.4 cm³/mol. The zero-order valence-electron chi connectivity index (χ0n) is 10.4. The molecule has 0 radical (unpaired) electrons. The van der Waals surface area contributed by atoms with Crippen molar-refractivity contribution in [3.05, 3.63) is 0 Å². The Morgan fingerprint density at radius 1 is 1.21 bits per heavy atom. The smallest absolute Gasteiger partial charge is 0.0473 e. The highest BCUT2D eigenvalue weighted by Crippen LogP contribution is 2.17. The zero-order chi connectivity index (χ0) is 11.2. The van der Waals surface area contributed by atoms with E-state index in [1.165, 1.54) is 6.42 Å². The Morgan fingerprint density at radius 3 is 2.14 bits per heavy atom. The second-order valence-electron chi connectivity index (χ2n) is 5.70. The summed E-state index contributed by atoms with van der Waals surface area (Å²) in [6.45, 7) is 13.3. The van der Waals surface area contributed by atoms with Crippen LogP contribution in [0.5, 0.6) is 0 Å². The Labute approximate surface area is 89.1 Å². The van der Waals surface area contributed by atoms with Gasteiger partial charge in [-0.3, -0.25) is 0 Å². The fourth-order valence-electron chi connectivity index (χ4n) is 1.26. The van der Waals surface area contributed by atoms with Crippen LogP contribution >= 0.6 is 0 Å². The highest BCUT2D eigenvalue weighted by Gasteiger charge is 2.13. The van der Waals surface area contributed by atoms with Crippen molar-refractivity contribution in [2.24, 2.45) is 17.3 Å². The van der Waals surface area contributed by atoms with Crippen molar-refractivity contribution in [2.75, 3.05) is 19.7 Å². The highest BCUT2D eigenvalue weighted by molar-refractivity contribution is 4.67. The van der Waals surface area contributed by atoms with Crippen molar-refractivity contribution in [1.82, 2.24) is 5.32 Å². The van der Waals surface area contributed by atoms with E-state index in [4.69, 9.17) is 5.11 Å². The summed E-state index contributed by atoms with van der Waals surface area (Å²) < 4.78 is 0. The molecule has 2 N–H and O–H groups in total. The Balaban J connectivity index is 3.52. The van der Waals surface area contributed by atoms with Crippen molar-refractivity contribution in [3.8, 4) is 0 Å². The van der Waals surface area contributed by atoms with Crippen LogP contribution in [0.4, 0.5) is 0 Å². The number of aliphatic hydroxyl groups excluding tert-OH is 1. The van der Waals surface area contributed by atoms with Crippen LogP contribution in [0.15, 0.2) is 0 Å². The third-order valence-electron chi connectivity index (χ3n) is 2.64. The van der Waals surface area contributed by atoms with Crippen LogP contribution in [-0.4, -0.2) is 24.8 Å². The van der Waals surface area contributed by atoms with Crippen LogP contribution in [0.25, 0.3) is 0 Å². The molecule has 0 aromatic carbocycles. The lowest BCUT2D eigenvalue weighted by Crippen LogP contribution is -2.30. The molecule has 2 nitrogen and oxygen atoms in total. The molecule has 1 unspecified atom stereocenters. The van der Waals surface area contributed by atoms with Crippen LogP contribution in [0.2, 0.25) is 0 Å². The van der Waals surface area contributed by atoms with Crippen molar-refractivity contribution in [1.29, 1.82) is 0 Å². The van der Waals surface area contributed by atoms with Crippen molar-refractivity contribution in [2.45, 2.75) is 41.0 Å². The maximum absolute atomic E-state index is 9.12. The molecule has 0 aliphatic carbocycles. The van der Waals surface area contributed by atoms with Gasteiger partial charge in [0.05, 0.1) is 0 Å². The number of hydrogen-bond donors (Lipinski definition) is 2. The lowest BCUT2D eigenvalue weighted by Gasteiger charge is -2.21. The van der Waals surface area contributed by atoms with Crippen molar-refractivity contribution >= 4 is 0 Å². The summed E-state index contributed by atoms with van der Waals surface area (Å²) in [5.41, 5.74) is 0.402. The molecular weight excluding hydrogens is 174 g/mol. The largest absolute Gasteiger partial charge is 0.396 e. The maximum atomic E-state index is 9.12. The minimum Gasteiger partial charge on any atom is -0.396 e. The molecule has 86 valence electrons. The van der Waals surface area contributed by atoms with Gasteiger partial charge >= 0.3 is 0 Å². The molecule has 0 aliphatic heterocycles. The van der Waals surface area contributed by atoms with E-state index >= 15 is 0 Å². The fourth-order valence-corrected chi connectivity index (χ4v) is 1.26. The minimum absolute atomic E-state index is 0.292. The maximum Gasteiger partial charge on any atom is 0.0473 e. The van der Waals surface area contributed by atoms with E-state index < -0.39 is 0 Å². The van der Waals surface area contributed by atoms with Gasteiger partial charge < -0.3 is 10.4 Å². The van der Waals surface area contributed by atoms with Gasteiger partial charge in [0, 0.05) is 13.2 Å². The molecule has 0 aromatic heterocycles. The second-order valence-corrected chi connectivity index (χ2v) is 5.70. The average Bonchev–Trinajstić information content (AvgIpc) is 2.01. The van der Waals surface area contributed by atoms with Crippen molar-refractivity contribution in [3.63, 3.8) is 0 Å². The molecule has 0 rings (SSSR count). The summed E-state index contributed by atoms with van der Waals surface area (Å²) in [7, 11) is 0. The van der Waals surface area contributed by atoms with Gasteiger partial charge in [-0.15, -0.1) is 0 Å². The summed E-state index contributed by atoms with van der Waals surface area (Å²) in [5.74, 6) is 0.956. The third kappa shape index (κ3) is 7.34. The molecule has 0 aromatic rings. The Hall–Kier alpha value is -0.0800. The molecular formula is C12H27NO. The molecule has 2 heteroatoms. The molecule has 14 heavy (non-hydrogen) atoms. The summed E-state index contributed by atoms with van der Waals surface area (Å²) in [6, 6.07) is 0. The van der Waals surface area contributed by atoms with E-state index in [0.29, 0.717) is 23.9 Å². The second kappa shape index (κ2) is 6.41. The molecule has 0 saturated carbocycles. The first-order chi connectivity index (χ1) is 6.37. The number of aliphatic hydroxyl groups is 1. The van der Waals surface area contributed by atoms with Gasteiger partial charge in [0.25, 0.3) is 0 Å².